The second-order valence-corrected chi connectivity index (χ2v) is 6.44. The van der Waals surface area contributed by atoms with E-state index in [4.69, 9.17) is 14.2 Å². The summed E-state index contributed by atoms with van der Waals surface area (Å²) in [4.78, 5) is 0. The number of fused-ring (bicyclic) bond motifs is 1. The Morgan fingerprint density at radius 3 is 2.42 bits per heavy atom. The van der Waals surface area contributed by atoms with Gasteiger partial charge in [-0.1, -0.05) is 24.3 Å². The molecule has 1 saturated heterocycles. The Hall–Kier alpha value is -2.16. The maximum absolute atomic E-state index is 10.3. The van der Waals surface area contributed by atoms with Crippen LogP contribution in [0.25, 0.3) is 11.1 Å². The Morgan fingerprint density at radius 2 is 1.62 bits per heavy atom. The quantitative estimate of drug-likeness (QED) is 0.635. The summed E-state index contributed by atoms with van der Waals surface area (Å²) < 4.78 is 16.3. The number of ether oxygens (including phenoxy) is 3. The van der Waals surface area contributed by atoms with E-state index in [1.807, 2.05) is 36.4 Å². The summed E-state index contributed by atoms with van der Waals surface area (Å²) in [6, 6.07) is 12.9. The van der Waals surface area contributed by atoms with Crippen LogP contribution < -0.4 is 9.47 Å². The maximum Gasteiger partial charge on any atom is 0.231 e. The van der Waals surface area contributed by atoms with Crippen molar-refractivity contribution < 1.29 is 34.6 Å². The highest BCUT2D eigenvalue weighted by molar-refractivity contribution is 5.68. The summed E-state index contributed by atoms with van der Waals surface area (Å²) in [5.41, 5.74) is 2.41. The fourth-order valence-corrected chi connectivity index (χ4v) is 3.35. The molecule has 26 heavy (non-hydrogen) atoms. The first-order valence-corrected chi connectivity index (χ1v) is 8.39. The molecule has 0 bridgehead atoms. The van der Waals surface area contributed by atoms with Crippen LogP contribution in [0.1, 0.15) is 11.7 Å². The van der Waals surface area contributed by atoms with Crippen molar-refractivity contribution >= 4 is 0 Å². The molecule has 7 nitrogen and oxygen atoms in total. The van der Waals surface area contributed by atoms with Gasteiger partial charge in [-0.05, 0) is 34.9 Å². The molecular formula is C19H20O7. The minimum atomic E-state index is -1.40. The standard InChI is InChI=1S/C19H20O7/c20-8-15-16(21)17(22)18(23)19(26-15)12-3-1-2-10(6-12)11-4-5-13-14(7-11)25-9-24-13/h1-7,15-23H,8-9H2. The van der Waals surface area contributed by atoms with E-state index >= 15 is 0 Å². The summed E-state index contributed by atoms with van der Waals surface area (Å²) in [7, 11) is 0. The van der Waals surface area contributed by atoms with Gasteiger partial charge in [-0.15, -0.1) is 0 Å². The molecule has 2 aromatic carbocycles. The SMILES string of the molecule is OCC1OC(c2cccc(-c3ccc4c(c3)OCO4)c2)C(O)C(O)C1O. The van der Waals surface area contributed by atoms with E-state index in [0.717, 1.165) is 11.1 Å². The van der Waals surface area contributed by atoms with Gasteiger partial charge in [-0.3, -0.25) is 0 Å². The molecule has 0 amide bonds. The zero-order valence-corrected chi connectivity index (χ0v) is 13.9. The predicted molar refractivity (Wildman–Crippen MR) is 90.7 cm³/mol. The number of aliphatic hydroxyl groups excluding tert-OH is 4. The monoisotopic (exact) mass is 360 g/mol. The van der Waals surface area contributed by atoms with Crippen molar-refractivity contribution in [2.24, 2.45) is 0 Å². The maximum atomic E-state index is 10.3. The third-order valence-corrected chi connectivity index (χ3v) is 4.81. The largest absolute Gasteiger partial charge is 0.454 e. The lowest BCUT2D eigenvalue weighted by atomic mass is 9.90. The molecular weight excluding hydrogens is 340 g/mol. The molecule has 0 radical (unpaired) electrons. The molecule has 7 heteroatoms. The van der Waals surface area contributed by atoms with Crippen LogP contribution in [0.2, 0.25) is 0 Å². The molecule has 138 valence electrons. The Labute approximate surface area is 150 Å². The molecule has 0 spiro atoms. The lowest BCUT2D eigenvalue weighted by Gasteiger charge is -2.40. The lowest BCUT2D eigenvalue weighted by Crippen LogP contribution is -2.55. The smallest absolute Gasteiger partial charge is 0.231 e. The summed E-state index contributed by atoms with van der Waals surface area (Å²) in [6.45, 7) is -0.257. The van der Waals surface area contributed by atoms with Gasteiger partial charge in [-0.25, -0.2) is 0 Å². The average Bonchev–Trinajstić information content (AvgIpc) is 3.14. The first-order valence-electron chi connectivity index (χ1n) is 8.39. The van der Waals surface area contributed by atoms with E-state index < -0.39 is 37.1 Å². The zero-order valence-electron chi connectivity index (χ0n) is 13.9. The van der Waals surface area contributed by atoms with Crippen LogP contribution in [-0.2, 0) is 4.74 Å². The fourth-order valence-electron chi connectivity index (χ4n) is 3.35. The van der Waals surface area contributed by atoms with E-state index in [9.17, 15) is 20.4 Å². The van der Waals surface area contributed by atoms with Crippen LogP contribution >= 0.6 is 0 Å². The topological polar surface area (TPSA) is 109 Å². The summed E-state index contributed by atoms with van der Waals surface area (Å²) in [6.07, 6.45) is -5.88. The molecule has 2 aliphatic rings. The van der Waals surface area contributed by atoms with Crippen LogP contribution in [0, 0.1) is 0 Å². The average molecular weight is 360 g/mol. The van der Waals surface area contributed by atoms with Gasteiger partial charge in [0.1, 0.15) is 30.5 Å². The Balaban J connectivity index is 1.65. The second-order valence-electron chi connectivity index (χ2n) is 6.44. The van der Waals surface area contributed by atoms with Gasteiger partial charge in [0.15, 0.2) is 11.5 Å². The van der Waals surface area contributed by atoms with Crippen LogP contribution in [0.4, 0.5) is 0 Å². The third kappa shape index (κ3) is 2.94. The summed E-state index contributed by atoms with van der Waals surface area (Å²) >= 11 is 0. The van der Waals surface area contributed by atoms with Crippen molar-refractivity contribution in [2.75, 3.05) is 13.4 Å². The van der Waals surface area contributed by atoms with Crippen molar-refractivity contribution in [3.8, 4) is 22.6 Å². The van der Waals surface area contributed by atoms with E-state index in [1.165, 1.54) is 0 Å². The van der Waals surface area contributed by atoms with Crippen molar-refractivity contribution in [3.63, 3.8) is 0 Å². The highest BCUT2D eigenvalue weighted by Crippen LogP contribution is 2.38. The zero-order chi connectivity index (χ0) is 18.3. The minimum absolute atomic E-state index is 0.198. The molecule has 1 fully saturated rings. The second kappa shape index (κ2) is 6.86. The minimum Gasteiger partial charge on any atom is -0.454 e. The molecule has 4 rings (SSSR count). The van der Waals surface area contributed by atoms with Gasteiger partial charge >= 0.3 is 0 Å². The fraction of sp³-hybridized carbons (Fsp3) is 0.368. The van der Waals surface area contributed by atoms with Crippen LogP contribution in [-0.4, -0.2) is 58.2 Å². The molecule has 2 aliphatic heterocycles. The van der Waals surface area contributed by atoms with Gasteiger partial charge in [0.25, 0.3) is 0 Å². The van der Waals surface area contributed by atoms with Crippen molar-refractivity contribution in [3.05, 3.63) is 48.0 Å². The number of rotatable bonds is 3. The molecule has 0 saturated carbocycles. The summed E-state index contributed by atoms with van der Waals surface area (Å²) in [5, 5.41) is 39.6. The predicted octanol–water partition coefficient (Wildman–Crippen LogP) is 0.597. The highest BCUT2D eigenvalue weighted by atomic mass is 16.7. The first kappa shape index (κ1) is 17.3. The van der Waals surface area contributed by atoms with E-state index in [1.54, 1.807) is 6.07 Å². The Kier molecular flexibility index (Phi) is 4.56. The van der Waals surface area contributed by atoms with Gasteiger partial charge in [0.05, 0.1) is 6.61 Å². The van der Waals surface area contributed by atoms with E-state index in [2.05, 4.69) is 0 Å². The molecule has 2 heterocycles. The van der Waals surface area contributed by atoms with E-state index in [-0.39, 0.29) is 6.79 Å². The van der Waals surface area contributed by atoms with Crippen molar-refractivity contribution in [1.82, 2.24) is 0 Å². The number of hydrogen-bond donors (Lipinski definition) is 4. The van der Waals surface area contributed by atoms with Gasteiger partial charge < -0.3 is 34.6 Å². The lowest BCUT2D eigenvalue weighted by molar-refractivity contribution is -0.231. The molecule has 0 aliphatic carbocycles. The van der Waals surface area contributed by atoms with Gasteiger partial charge in [0, 0.05) is 0 Å². The molecule has 5 unspecified atom stereocenters. The molecule has 4 N–H and O–H groups in total. The Morgan fingerprint density at radius 1 is 0.846 bits per heavy atom. The van der Waals surface area contributed by atoms with Crippen LogP contribution in [0.15, 0.2) is 42.5 Å². The van der Waals surface area contributed by atoms with Crippen molar-refractivity contribution in [2.45, 2.75) is 30.5 Å². The summed E-state index contributed by atoms with van der Waals surface area (Å²) in [5.74, 6) is 1.36. The van der Waals surface area contributed by atoms with Crippen molar-refractivity contribution in [1.29, 1.82) is 0 Å². The molecule has 0 aromatic heterocycles. The van der Waals surface area contributed by atoms with E-state index in [0.29, 0.717) is 17.1 Å². The number of hydrogen-bond acceptors (Lipinski definition) is 7. The normalized spacial score (nSPS) is 30.4. The number of aliphatic hydroxyl groups is 4. The van der Waals surface area contributed by atoms with Gasteiger partial charge in [-0.2, -0.15) is 0 Å². The van der Waals surface area contributed by atoms with Crippen LogP contribution in [0.5, 0.6) is 11.5 Å². The van der Waals surface area contributed by atoms with Gasteiger partial charge in [0.2, 0.25) is 6.79 Å². The first-order chi connectivity index (χ1) is 12.6. The Bertz CT molecular complexity index is 791. The van der Waals surface area contributed by atoms with Crippen LogP contribution in [0.3, 0.4) is 0 Å². The third-order valence-electron chi connectivity index (χ3n) is 4.81. The molecule has 2 aromatic rings. The number of benzene rings is 2. The molecule has 5 atom stereocenters. The highest BCUT2D eigenvalue weighted by Gasteiger charge is 2.43.